The van der Waals surface area contributed by atoms with Gasteiger partial charge in [-0.1, -0.05) is 34.8 Å². The Morgan fingerprint density at radius 2 is 2.12 bits per heavy atom. The average Bonchev–Trinajstić information content (AvgIpc) is 2.26. The third-order valence-electron chi connectivity index (χ3n) is 2.74. The van der Waals surface area contributed by atoms with E-state index in [4.69, 9.17) is 39.5 Å². The molecule has 2 rings (SSSR count). The zero-order chi connectivity index (χ0) is 12.5. The second kappa shape index (κ2) is 5.19. The van der Waals surface area contributed by atoms with Gasteiger partial charge in [-0.05, 0) is 25.8 Å². The van der Waals surface area contributed by atoms with E-state index in [1.165, 1.54) is 0 Å². The Hall–Kier alpha value is -0.220. The summed E-state index contributed by atoms with van der Waals surface area (Å²) in [4.78, 5) is 4.15. The second-order valence-corrected chi connectivity index (χ2v) is 5.61. The van der Waals surface area contributed by atoms with Gasteiger partial charge in [-0.25, -0.2) is 4.98 Å². The Labute approximate surface area is 115 Å². The molecule has 94 valence electrons. The second-order valence-electron chi connectivity index (χ2n) is 4.43. The van der Waals surface area contributed by atoms with Crippen LogP contribution in [0.1, 0.15) is 19.8 Å². The summed E-state index contributed by atoms with van der Waals surface area (Å²) >= 11 is 17.8. The van der Waals surface area contributed by atoms with Gasteiger partial charge in [0.15, 0.2) is 0 Å². The molecule has 1 atom stereocenters. The van der Waals surface area contributed by atoms with E-state index in [0.717, 1.165) is 19.4 Å². The number of nitrogens with one attached hydrogen (secondary N) is 1. The fraction of sp³-hybridized carbons (Fsp3) is 0.545. The Bertz CT molecular complexity index is 419. The zero-order valence-corrected chi connectivity index (χ0v) is 11.7. The van der Waals surface area contributed by atoms with E-state index in [-0.39, 0.29) is 10.7 Å². The topological polar surface area (TPSA) is 34.2 Å². The van der Waals surface area contributed by atoms with E-state index in [2.05, 4.69) is 17.2 Å². The lowest BCUT2D eigenvalue weighted by atomic mass is 9.95. The molecule has 0 aromatic carbocycles. The van der Waals surface area contributed by atoms with E-state index in [1.54, 1.807) is 6.07 Å². The van der Waals surface area contributed by atoms with Gasteiger partial charge >= 0.3 is 0 Å². The number of halogens is 3. The summed E-state index contributed by atoms with van der Waals surface area (Å²) in [5.74, 6) is 0.550. The van der Waals surface area contributed by atoms with Gasteiger partial charge in [0, 0.05) is 6.61 Å². The molecule has 0 radical (unpaired) electrons. The van der Waals surface area contributed by atoms with E-state index in [9.17, 15) is 0 Å². The number of hydrogen-bond donors (Lipinski definition) is 1. The number of aromatic nitrogens is 1. The van der Waals surface area contributed by atoms with Crippen molar-refractivity contribution < 1.29 is 4.74 Å². The molecule has 2 heterocycles. The van der Waals surface area contributed by atoms with Gasteiger partial charge in [0.05, 0.1) is 22.2 Å². The maximum atomic E-state index is 6.07. The van der Waals surface area contributed by atoms with Gasteiger partial charge in [-0.2, -0.15) is 0 Å². The molecular formula is C11H13Cl3N2O. The highest BCUT2D eigenvalue weighted by atomic mass is 35.5. The summed E-state index contributed by atoms with van der Waals surface area (Å²) in [6.45, 7) is 3.51. The molecule has 1 N–H and O–H groups in total. The van der Waals surface area contributed by atoms with Crippen LogP contribution >= 0.6 is 34.8 Å². The van der Waals surface area contributed by atoms with Crippen LogP contribution in [-0.2, 0) is 4.74 Å². The van der Waals surface area contributed by atoms with Gasteiger partial charge in [-0.3, -0.25) is 0 Å². The Kier molecular flexibility index (Phi) is 4.03. The smallest absolute Gasteiger partial charge is 0.150 e. The van der Waals surface area contributed by atoms with Crippen molar-refractivity contribution in [3.63, 3.8) is 0 Å². The molecule has 1 aromatic heterocycles. The van der Waals surface area contributed by atoms with Crippen LogP contribution in [0.25, 0.3) is 0 Å². The first-order chi connectivity index (χ1) is 8.00. The molecule has 1 unspecified atom stereocenters. The van der Waals surface area contributed by atoms with Crippen LogP contribution in [0.2, 0.25) is 15.2 Å². The normalized spacial score (nSPS) is 24.7. The molecular weight excluding hydrogens is 282 g/mol. The van der Waals surface area contributed by atoms with E-state index in [1.807, 2.05) is 0 Å². The molecule has 0 bridgehead atoms. The van der Waals surface area contributed by atoms with Gasteiger partial charge in [0.2, 0.25) is 0 Å². The summed E-state index contributed by atoms with van der Waals surface area (Å²) < 4.78 is 5.46. The summed E-state index contributed by atoms with van der Waals surface area (Å²) in [6.07, 6.45) is 2.02. The van der Waals surface area contributed by atoms with Crippen molar-refractivity contribution in [3.8, 4) is 0 Å². The Morgan fingerprint density at radius 3 is 2.76 bits per heavy atom. The first-order valence-electron chi connectivity index (χ1n) is 5.38. The molecule has 0 aliphatic carbocycles. The predicted molar refractivity (Wildman–Crippen MR) is 71.3 cm³/mol. The summed E-state index contributed by atoms with van der Waals surface area (Å²) in [5.41, 5.74) is -0.161. The lowest BCUT2D eigenvalue weighted by Gasteiger charge is -2.35. The third kappa shape index (κ3) is 3.16. The Morgan fingerprint density at radius 1 is 1.35 bits per heavy atom. The fourth-order valence-corrected chi connectivity index (χ4v) is 2.40. The van der Waals surface area contributed by atoms with E-state index < -0.39 is 0 Å². The minimum Gasteiger partial charge on any atom is -0.379 e. The maximum absolute atomic E-state index is 6.07. The lowest BCUT2D eigenvalue weighted by molar-refractivity contribution is 0.0539. The molecule has 6 heteroatoms. The highest BCUT2D eigenvalue weighted by Gasteiger charge is 2.28. The van der Waals surface area contributed by atoms with Gasteiger partial charge in [0.25, 0.3) is 0 Å². The average molecular weight is 296 g/mol. The first-order valence-corrected chi connectivity index (χ1v) is 6.51. The summed E-state index contributed by atoms with van der Waals surface area (Å²) in [6, 6.07) is 1.59. The van der Waals surface area contributed by atoms with Crippen molar-refractivity contribution in [2.45, 2.75) is 25.3 Å². The maximum Gasteiger partial charge on any atom is 0.150 e. The first kappa shape index (κ1) is 13.2. The van der Waals surface area contributed by atoms with Crippen molar-refractivity contribution in [1.29, 1.82) is 0 Å². The number of ether oxygens (including phenoxy) is 1. The van der Waals surface area contributed by atoms with Gasteiger partial charge < -0.3 is 10.1 Å². The van der Waals surface area contributed by atoms with Crippen molar-refractivity contribution in [1.82, 2.24) is 4.98 Å². The molecule has 0 amide bonds. The molecule has 0 saturated carbocycles. The van der Waals surface area contributed by atoms with Crippen LogP contribution in [0.3, 0.4) is 0 Å². The molecule has 1 aliphatic rings. The highest BCUT2D eigenvalue weighted by Crippen LogP contribution is 2.32. The van der Waals surface area contributed by atoms with E-state index in [0.29, 0.717) is 22.5 Å². The SMILES string of the molecule is CC1(Nc2nc(Cl)c(Cl)cc2Cl)CCCOC1. The molecule has 17 heavy (non-hydrogen) atoms. The third-order valence-corrected chi connectivity index (χ3v) is 3.71. The van der Waals surface area contributed by atoms with Crippen LogP contribution in [0.15, 0.2) is 6.07 Å². The largest absolute Gasteiger partial charge is 0.379 e. The molecule has 1 fully saturated rings. The standard InChI is InChI=1S/C11H13Cl3N2O/c1-11(3-2-4-17-6-11)16-10-8(13)5-7(12)9(14)15-10/h5H,2-4,6H2,1H3,(H,15,16). The molecule has 3 nitrogen and oxygen atoms in total. The minimum absolute atomic E-state index is 0.161. The van der Waals surface area contributed by atoms with Crippen molar-refractivity contribution in [2.24, 2.45) is 0 Å². The predicted octanol–water partition coefficient (Wildman–Crippen LogP) is 4.02. The van der Waals surface area contributed by atoms with Crippen LogP contribution in [0.4, 0.5) is 5.82 Å². The highest BCUT2D eigenvalue weighted by molar-refractivity contribution is 6.42. The van der Waals surface area contributed by atoms with Crippen LogP contribution in [-0.4, -0.2) is 23.7 Å². The van der Waals surface area contributed by atoms with Gasteiger partial charge in [0.1, 0.15) is 11.0 Å². The van der Waals surface area contributed by atoms with Crippen LogP contribution in [0, 0.1) is 0 Å². The van der Waals surface area contributed by atoms with Crippen LogP contribution in [0.5, 0.6) is 0 Å². The number of hydrogen-bond acceptors (Lipinski definition) is 3. The number of pyridine rings is 1. The zero-order valence-electron chi connectivity index (χ0n) is 9.40. The number of nitrogens with zero attached hydrogens (tertiary/aromatic N) is 1. The number of anilines is 1. The summed E-state index contributed by atoms with van der Waals surface area (Å²) in [5, 5.41) is 4.35. The molecule has 1 saturated heterocycles. The molecule has 0 spiro atoms. The lowest BCUT2D eigenvalue weighted by Crippen LogP contribution is -2.43. The van der Waals surface area contributed by atoms with Crippen molar-refractivity contribution in [3.05, 3.63) is 21.3 Å². The Balaban J connectivity index is 2.20. The minimum atomic E-state index is -0.161. The quantitative estimate of drug-likeness (QED) is 0.837. The molecule has 1 aromatic rings. The van der Waals surface area contributed by atoms with Crippen LogP contribution < -0.4 is 5.32 Å². The van der Waals surface area contributed by atoms with Crippen molar-refractivity contribution in [2.75, 3.05) is 18.5 Å². The number of rotatable bonds is 2. The van der Waals surface area contributed by atoms with Crippen molar-refractivity contribution >= 4 is 40.6 Å². The monoisotopic (exact) mass is 294 g/mol. The van der Waals surface area contributed by atoms with Gasteiger partial charge in [-0.15, -0.1) is 0 Å². The summed E-state index contributed by atoms with van der Waals surface area (Å²) in [7, 11) is 0. The fourth-order valence-electron chi connectivity index (χ4n) is 1.85. The van der Waals surface area contributed by atoms with E-state index >= 15 is 0 Å². The molecule has 1 aliphatic heterocycles.